The first-order chi connectivity index (χ1) is 20.3. The number of hydrogen-bond acceptors (Lipinski definition) is 4. The molecule has 190 valence electrons. The predicted molar refractivity (Wildman–Crippen MR) is 167 cm³/mol. The van der Waals surface area contributed by atoms with Crippen molar-refractivity contribution in [1.82, 2.24) is 24.5 Å². The zero-order chi connectivity index (χ0) is 26.9. The monoisotopic (exact) mass is 523 g/mol. The van der Waals surface area contributed by atoms with E-state index in [-0.39, 0.29) is 0 Å². The molecule has 0 N–H and O–H groups in total. The Hall–Kier alpha value is -5.68. The maximum atomic E-state index is 5.27. The molecule has 3 heterocycles. The Balaban J connectivity index is 1.43. The molecule has 0 aliphatic rings. The van der Waals surface area contributed by atoms with Crippen LogP contribution < -0.4 is 0 Å². The topological polar surface area (TPSA) is 56.5 Å². The Bertz CT molecular complexity index is 2420. The lowest BCUT2D eigenvalue weighted by atomic mass is 9.97. The van der Waals surface area contributed by atoms with E-state index in [9.17, 15) is 0 Å². The third kappa shape index (κ3) is 3.23. The number of benzene rings is 6. The minimum Gasteiger partial charge on any atom is -0.278 e. The molecule has 9 aromatic rings. The van der Waals surface area contributed by atoms with Crippen molar-refractivity contribution in [3.8, 4) is 17.3 Å². The molecule has 0 radical (unpaired) electrons. The van der Waals surface area contributed by atoms with Gasteiger partial charge in [-0.05, 0) is 45.8 Å². The standard InChI is InChI=1S/C36H21N5/c1-2-10-22(11-3-1)35-37-20-29-27-18-23-12-4-5-13-24(23)19-28(27)30-21-38-36(40-34(30)33(29)39-35)41-31-16-8-6-14-25(31)26-15-7-9-17-32(26)41/h1-21H. The molecular formula is C36H21N5. The zero-order valence-corrected chi connectivity index (χ0v) is 21.9. The van der Waals surface area contributed by atoms with Gasteiger partial charge in [-0.25, -0.2) is 19.9 Å². The van der Waals surface area contributed by atoms with E-state index in [4.69, 9.17) is 19.9 Å². The third-order valence-corrected chi connectivity index (χ3v) is 8.07. The van der Waals surface area contributed by atoms with Crippen molar-refractivity contribution < 1.29 is 0 Å². The second kappa shape index (κ2) is 8.41. The van der Waals surface area contributed by atoms with Gasteiger partial charge in [0.1, 0.15) is 11.0 Å². The van der Waals surface area contributed by atoms with Gasteiger partial charge in [0.05, 0.1) is 11.0 Å². The molecule has 5 heteroatoms. The summed E-state index contributed by atoms with van der Waals surface area (Å²) in [5.41, 5.74) is 4.75. The van der Waals surface area contributed by atoms with Gasteiger partial charge >= 0.3 is 0 Å². The summed E-state index contributed by atoms with van der Waals surface area (Å²) in [6.45, 7) is 0. The molecule has 6 aromatic carbocycles. The first kappa shape index (κ1) is 22.2. The summed E-state index contributed by atoms with van der Waals surface area (Å²) in [5.74, 6) is 1.30. The van der Waals surface area contributed by atoms with E-state index in [0.717, 1.165) is 49.2 Å². The molecule has 0 aliphatic carbocycles. The van der Waals surface area contributed by atoms with Gasteiger partial charge < -0.3 is 0 Å². The maximum Gasteiger partial charge on any atom is 0.235 e. The van der Waals surface area contributed by atoms with E-state index in [2.05, 4.69) is 89.5 Å². The number of hydrogen-bond donors (Lipinski definition) is 0. The van der Waals surface area contributed by atoms with E-state index >= 15 is 0 Å². The minimum atomic E-state index is 0.621. The summed E-state index contributed by atoms with van der Waals surface area (Å²) < 4.78 is 2.15. The van der Waals surface area contributed by atoms with Crippen molar-refractivity contribution in [2.24, 2.45) is 0 Å². The Morgan fingerprint density at radius 1 is 0.439 bits per heavy atom. The van der Waals surface area contributed by atoms with Gasteiger partial charge in [-0.2, -0.15) is 0 Å². The van der Waals surface area contributed by atoms with Gasteiger partial charge in [-0.15, -0.1) is 0 Å². The molecule has 0 atom stereocenters. The van der Waals surface area contributed by atoms with E-state index in [0.29, 0.717) is 11.8 Å². The van der Waals surface area contributed by atoms with Crippen LogP contribution in [0, 0.1) is 0 Å². The van der Waals surface area contributed by atoms with E-state index in [1.54, 1.807) is 0 Å². The Morgan fingerprint density at radius 3 is 1.63 bits per heavy atom. The lowest BCUT2D eigenvalue weighted by molar-refractivity contribution is 1.01. The van der Waals surface area contributed by atoms with Gasteiger partial charge in [-0.3, -0.25) is 4.57 Å². The summed E-state index contributed by atoms with van der Waals surface area (Å²) in [6.07, 6.45) is 3.91. The molecule has 0 amide bonds. The normalized spacial score (nSPS) is 11.9. The smallest absolute Gasteiger partial charge is 0.235 e. The lowest BCUT2D eigenvalue weighted by Crippen LogP contribution is -2.02. The van der Waals surface area contributed by atoms with E-state index < -0.39 is 0 Å². The Kier molecular flexibility index (Phi) is 4.55. The van der Waals surface area contributed by atoms with Gasteiger partial charge in [0.15, 0.2) is 5.82 Å². The number of aromatic nitrogens is 5. The summed E-state index contributed by atoms with van der Waals surface area (Å²) in [7, 11) is 0. The van der Waals surface area contributed by atoms with Gasteiger partial charge in [0, 0.05) is 39.5 Å². The lowest BCUT2D eigenvalue weighted by Gasteiger charge is -2.13. The van der Waals surface area contributed by atoms with Crippen molar-refractivity contribution >= 4 is 65.2 Å². The summed E-state index contributed by atoms with van der Waals surface area (Å²) >= 11 is 0. The second-order valence-corrected chi connectivity index (χ2v) is 10.4. The van der Waals surface area contributed by atoms with E-state index in [1.807, 2.05) is 42.7 Å². The van der Waals surface area contributed by atoms with Gasteiger partial charge in [-0.1, -0.05) is 91.0 Å². The van der Waals surface area contributed by atoms with Crippen molar-refractivity contribution in [2.75, 3.05) is 0 Å². The van der Waals surface area contributed by atoms with Crippen LogP contribution in [-0.2, 0) is 0 Å². The fraction of sp³-hybridized carbons (Fsp3) is 0. The number of nitrogens with zero attached hydrogens (tertiary/aromatic N) is 5. The molecule has 0 spiro atoms. The van der Waals surface area contributed by atoms with Crippen LogP contribution in [0.2, 0.25) is 0 Å². The third-order valence-electron chi connectivity index (χ3n) is 8.07. The first-order valence-corrected chi connectivity index (χ1v) is 13.7. The average Bonchev–Trinajstić information content (AvgIpc) is 3.38. The number of rotatable bonds is 2. The highest BCUT2D eigenvalue weighted by molar-refractivity contribution is 6.25. The highest BCUT2D eigenvalue weighted by Gasteiger charge is 2.18. The van der Waals surface area contributed by atoms with Crippen LogP contribution in [-0.4, -0.2) is 24.5 Å². The summed E-state index contributed by atoms with van der Waals surface area (Å²) in [5, 5.41) is 8.84. The van der Waals surface area contributed by atoms with Crippen LogP contribution >= 0.6 is 0 Å². The van der Waals surface area contributed by atoms with Crippen molar-refractivity contribution in [3.63, 3.8) is 0 Å². The Labute approximate surface area is 234 Å². The van der Waals surface area contributed by atoms with Crippen LogP contribution in [0.25, 0.3) is 82.5 Å². The average molecular weight is 524 g/mol. The molecule has 5 nitrogen and oxygen atoms in total. The van der Waals surface area contributed by atoms with Gasteiger partial charge in [0.25, 0.3) is 0 Å². The molecule has 0 saturated carbocycles. The van der Waals surface area contributed by atoms with Crippen LogP contribution in [0.5, 0.6) is 0 Å². The zero-order valence-electron chi connectivity index (χ0n) is 21.9. The SMILES string of the molecule is c1ccc(-c2ncc3c4cc5ccccc5cc4c4cnc(-n5c6ccccc6c6ccccc65)nc4c3n2)cc1. The predicted octanol–water partition coefficient (Wildman–Crippen LogP) is 8.64. The fourth-order valence-corrected chi connectivity index (χ4v) is 6.17. The highest BCUT2D eigenvalue weighted by Crippen LogP contribution is 2.37. The molecule has 0 aliphatic heterocycles. The van der Waals surface area contributed by atoms with Crippen molar-refractivity contribution in [2.45, 2.75) is 0 Å². The van der Waals surface area contributed by atoms with Crippen molar-refractivity contribution in [1.29, 1.82) is 0 Å². The molecule has 9 rings (SSSR count). The maximum absolute atomic E-state index is 5.27. The minimum absolute atomic E-state index is 0.621. The van der Waals surface area contributed by atoms with Crippen molar-refractivity contribution in [3.05, 3.63) is 128 Å². The first-order valence-electron chi connectivity index (χ1n) is 13.7. The van der Waals surface area contributed by atoms with Crippen LogP contribution in [0.4, 0.5) is 0 Å². The Morgan fingerprint density at radius 2 is 0.976 bits per heavy atom. The largest absolute Gasteiger partial charge is 0.278 e. The number of fused-ring (bicyclic) bond motifs is 10. The second-order valence-electron chi connectivity index (χ2n) is 10.4. The molecule has 0 unspecified atom stereocenters. The van der Waals surface area contributed by atoms with Gasteiger partial charge in [0.2, 0.25) is 5.95 Å². The molecule has 0 saturated heterocycles. The summed E-state index contributed by atoms with van der Waals surface area (Å²) in [4.78, 5) is 20.2. The quantitative estimate of drug-likeness (QED) is 0.168. The molecule has 3 aromatic heterocycles. The molecule has 0 fully saturated rings. The van der Waals surface area contributed by atoms with Crippen LogP contribution in [0.3, 0.4) is 0 Å². The highest BCUT2D eigenvalue weighted by atomic mass is 15.2. The molecular weight excluding hydrogens is 502 g/mol. The number of para-hydroxylation sites is 2. The molecule has 41 heavy (non-hydrogen) atoms. The van der Waals surface area contributed by atoms with Crippen LogP contribution in [0.1, 0.15) is 0 Å². The molecule has 0 bridgehead atoms. The fourth-order valence-electron chi connectivity index (χ4n) is 6.17. The van der Waals surface area contributed by atoms with Crippen LogP contribution in [0.15, 0.2) is 128 Å². The van der Waals surface area contributed by atoms with E-state index in [1.165, 1.54) is 21.5 Å². The summed E-state index contributed by atoms with van der Waals surface area (Å²) in [6, 6.07) is 39.8.